The molecule has 0 saturated heterocycles. The van der Waals surface area contributed by atoms with Gasteiger partial charge in [-0.2, -0.15) is 0 Å². The summed E-state index contributed by atoms with van der Waals surface area (Å²) >= 11 is 1.27. The summed E-state index contributed by atoms with van der Waals surface area (Å²) in [7, 11) is 0. The maximum Gasteiger partial charge on any atom is 0.269 e. The summed E-state index contributed by atoms with van der Waals surface area (Å²) in [5.74, 6) is 0.950. The molecule has 0 unspecified atom stereocenters. The fraction of sp³-hybridized carbons (Fsp3) is 0.111. The quantitative estimate of drug-likeness (QED) is 0.543. The normalized spacial score (nSPS) is 15.2. The average molecular weight is 383 g/mol. The summed E-state index contributed by atoms with van der Waals surface area (Å²) < 4.78 is 11.6. The van der Waals surface area contributed by atoms with E-state index < -0.39 is 10.8 Å². The molecule has 0 radical (unpaired) electrons. The zero-order chi connectivity index (χ0) is 18.8. The number of ether oxygens (including phenoxy) is 2. The largest absolute Gasteiger partial charge is 0.485 e. The van der Waals surface area contributed by atoms with Gasteiger partial charge in [-0.3, -0.25) is 20.2 Å². The Hall–Kier alpha value is -3.46. The summed E-state index contributed by atoms with van der Waals surface area (Å²) in [4.78, 5) is 26.8. The van der Waals surface area contributed by atoms with Gasteiger partial charge in [0.1, 0.15) is 6.61 Å². The van der Waals surface area contributed by atoms with E-state index in [9.17, 15) is 14.9 Å². The number of carbonyl (C=O) groups is 1. The number of carbonyl (C=O) groups excluding carboxylic acids is 1. The second-order valence-electron chi connectivity index (χ2n) is 5.70. The van der Waals surface area contributed by atoms with Crippen LogP contribution in [0, 0.1) is 10.1 Å². The van der Waals surface area contributed by atoms with Gasteiger partial charge in [-0.1, -0.05) is 12.1 Å². The molecule has 2 aromatic carbocycles. The Kier molecular flexibility index (Phi) is 4.43. The molecule has 0 spiro atoms. The van der Waals surface area contributed by atoms with E-state index in [2.05, 4.69) is 10.3 Å². The smallest absolute Gasteiger partial charge is 0.269 e. The number of amides is 1. The molecular formula is C18H13N3O5S. The molecule has 1 aliphatic heterocycles. The summed E-state index contributed by atoms with van der Waals surface area (Å²) in [5, 5.41) is 15.6. The van der Waals surface area contributed by atoms with E-state index in [0.29, 0.717) is 34.5 Å². The van der Waals surface area contributed by atoms with Crippen LogP contribution in [0.25, 0.3) is 0 Å². The van der Waals surface area contributed by atoms with Crippen LogP contribution in [-0.4, -0.2) is 22.4 Å². The van der Waals surface area contributed by atoms with Crippen molar-refractivity contribution in [3.05, 3.63) is 75.3 Å². The number of nitrogens with one attached hydrogen (secondary N) is 1. The number of thiazole rings is 1. The number of benzene rings is 2. The number of hydrogen-bond acceptors (Lipinski definition) is 7. The van der Waals surface area contributed by atoms with Crippen LogP contribution in [0.1, 0.15) is 22.2 Å². The zero-order valence-electron chi connectivity index (χ0n) is 13.8. The van der Waals surface area contributed by atoms with Gasteiger partial charge in [0.15, 0.2) is 22.7 Å². The van der Waals surface area contributed by atoms with E-state index in [1.165, 1.54) is 35.6 Å². The number of anilines is 1. The van der Waals surface area contributed by atoms with Gasteiger partial charge in [-0.15, -0.1) is 11.3 Å². The molecule has 0 saturated carbocycles. The fourth-order valence-electron chi connectivity index (χ4n) is 2.56. The highest BCUT2D eigenvalue weighted by Crippen LogP contribution is 2.36. The van der Waals surface area contributed by atoms with Gasteiger partial charge in [-0.25, -0.2) is 4.98 Å². The number of nitrogens with zero attached hydrogens (tertiary/aromatic N) is 2. The molecule has 1 atom stereocenters. The molecule has 4 rings (SSSR count). The van der Waals surface area contributed by atoms with Gasteiger partial charge in [0.2, 0.25) is 0 Å². The second kappa shape index (κ2) is 7.04. The third-order valence-electron chi connectivity index (χ3n) is 3.92. The summed E-state index contributed by atoms with van der Waals surface area (Å²) in [6, 6.07) is 12.8. The number of nitro groups is 1. The van der Waals surface area contributed by atoms with Gasteiger partial charge >= 0.3 is 0 Å². The van der Waals surface area contributed by atoms with Crippen LogP contribution in [-0.2, 0) is 0 Å². The lowest BCUT2D eigenvalue weighted by atomic mass is 10.2. The third kappa shape index (κ3) is 3.58. The van der Waals surface area contributed by atoms with E-state index in [0.717, 1.165) is 0 Å². The molecule has 2 heterocycles. The minimum Gasteiger partial charge on any atom is -0.485 e. The number of para-hydroxylation sites is 2. The molecule has 27 heavy (non-hydrogen) atoms. The van der Waals surface area contributed by atoms with Gasteiger partial charge < -0.3 is 9.47 Å². The van der Waals surface area contributed by atoms with Crippen LogP contribution in [0.3, 0.4) is 0 Å². The summed E-state index contributed by atoms with van der Waals surface area (Å²) in [5.41, 5.74) is 0.898. The Balaban J connectivity index is 1.44. The predicted molar refractivity (Wildman–Crippen MR) is 98.5 cm³/mol. The highest BCUT2D eigenvalue weighted by molar-refractivity contribution is 7.14. The maximum absolute atomic E-state index is 12.3. The first-order chi connectivity index (χ1) is 13.1. The van der Waals surface area contributed by atoms with Gasteiger partial charge in [0, 0.05) is 23.1 Å². The van der Waals surface area contributed by atoms with Crippen molar-refractivity contribution in [3.8, 4) is 11.5 Å². The van der Waals surface area contributed by atoms with Crippen molar-refractivity contribution in [2.75, 3.05) is 11.9 Å². The number of fused-ring (bicyclic) bond motifs is 1. The van der Waals surface area contributed by atoms with Crippen molar-refractivity contribution in [1.29, 1.82) is 0 Å². The molecule has 1 amide bonds. The minimum absolute atomic E-state index is 0.0715. The fourth-order valence-corrected chi connectivity index (χ4v) is 3.31. The van der Waals surface area contributed by atoms with Crippen molar-refractivity contribution in [2.45, 2.75) is 6.10 Å². The Morgan fingerprint density at radius 2 is 1.93 bits per heavy atom. The van der Waals surface area contributed by atoms with E-state index in [1.54, 1.807) is 5.38 Å². The van der Waals surface area contributed by atoms with Crippen molar-refractivity contribution in [3.63, 3.8) is 0 Å². The molecule has 8 nitrogen and oxygen atoms in total. The molecule has 0 fully saturated rings. The van der Waals surface area contributed by atoms with Gasteiger partial charge in [0.25, 0.3) is 11.6 Å². The molecule has 9 heteroatoms. The number of non-ortho nitro benzene ring substituents is 1. The zero-order valence-corrected chi connectivity index (χ0v) is 14.6. The van der Waals surface area contributed by atoms with Crippen LogP contribution >= 0.6 is 11.3 Å². The highest BCUT2D eigenvalue weighted by atomic mass is 32.1. The van der Waals surface area contributed by atoms with Crippen LogP contribution < -0.4 is 14.8 Å². The molecule has 3 aromatic rings. The molecule has 136 valence electrons. The lowest BCUT2D eigenvalue weighted by Gasteiger charge is -2.25. The number of nitro benzene ring substituents is 1. The van der Waals surface area contributed by atoms with Crippen molar-refractivity contribution in [1.82, 2.24) is 4.98 Å². The number of rotatable bonds is 4. The molecular weight excluding hydrogens is 370 g/mol. The van der Waals surface area contributed by atoms with Crippen molar-refractivity contribution in [2.24, 2.45) is 0 Å². The topological polar surface area (TPSA) is 104 Å². The lowest BCUT2D eigenvalue weighted by molar-refractivity contribution is -0.384. The number of aromatic nitrogens is 1. The third-order valence-corrected chi connectivity index (χ3v) is 4.70. The predicted octanol–water partition coefficient (Wildman–Crippen LogP) is 3.82. The van der Waals surface area contributed by atoms with E-state index >= 15 is 0 Å². The van der Waals surface area contributed by atoms with Crippen LogP contribution in [0.4, 0.5) is 10.8 Å². The Morgan fingerprint density at radius 1 is 1.19 bits per heavy atom. The molecule has 0 aliphatic carbocycles. The van der Waals surface area contributed by atoms with Crippen molar-refractivity contribution >= 4 is 28.1 Å². The van der Waals surface area contributed by atoms with Crippen LogP contribution in [0.15, 0.2) is 53.9 Å². The monoisotopic (exact) mass is 383 g/mol. The summed E-state index contributed by atoms with van der Waals surface area (Å²) in [6.45, 7) is 0.330. The first-order valence-corrected chi connectivity index (χ1v) is 8.88. The van der Waals surface area contributed by atoms with Gasteiger partial charge in [-0.05, 0) is 24.3 Å². The van der Waals surface area contributed by atoms with E-state index in [4.69, 9.17) is 9.47 Å². The molecule has 1 aromatic heterocycles. The standard InChI is InChI=1S/C18H13N3O5S/c22-17(11-5-7-12(8-6-11)21(23)24)20-18-19-13(10-27-18)16-9-25-14-3-1-2-4-15(14)26-16/h1-8,10,16H,9H2,(H,19,20,22)/t16-/m1/s1. The lowest BCUT2D eigenvalue weighted by Crippen LogP contribution is -2.22. The van der Waals surface area contributed by atoms with Gasteiger partial charge in [0.05, 0.1) is 10.6 Å². The molecule has 0 bridgehead atoms. The van der Waals surface area contributed by atoms with Crippen molar-refractivity contribution < 1.29 is 19.2 Å². The average Bonchev–Trinajstić information content (AvgIpc) is 3.16. The Labute approximate surface area is 157 Å². The second-order valence-corrected chi connectivity index (χ2v) is 6.56. The summed E-state index contributed by atoms with van der Waals surface area (Å²) in [6.07, 6.45) is -0.360. The molecule has 1 N–H and O–H groups in total. The first-order valence-electron chi connectivity index (χ1n) is 8.00. The van der Waals surface area contributed by atoms with E-state index in [1.807, 2.05) is 24.3 Å². The van der Waals surface area contributed by atoms with E-state index in [-0.39, 0.29) is 11.8 Å². The molecule has 1 aliphatic rings. The first kappa shape index (κ1) is 17.0. The maximum atomic E-state index is 12.3. The highest BCUT2D eigenvalue weighted by Gasteiger charge is 2.24. The van der Waals surface area contributed by atoms with Crippen LogP contribution in [0.2, 0.25) is 0 Å². The minimum atomic E-state index is -0.515. The SMILES string of the molecule is O=C(Nc1nc([C@H]2COc3ccccc3O2)cs1)c1ccc([N+](=O)[O-])cc1. The Morgan fingerprint density at radius 3 is 2.67 bits per heavy atom. The van der Waals surface area contributed by atoms with Crippen LogP contribution in [0.5, 0.6) is 11.5 Å². The Bertz CT molecular complexity index is 1000. The number of hydrogen-bond donors (Lipinski definition) is 1.